The number of nitrogens with one attached hydrogen (secondary N) is 1. The van der Waals surface area contributed by atoms with Crippen LogP contribution in [0.5, 0.6) is 0 Å². The molecule has 3 atom stereocenters. The van der Waals surface area contributed by atoms with Crippen LogP contribution in [0.25, 0.3) is 0 Å². The Labute approximate surface area is 118 Å². The van der Waals surface area contributed by atoms with Gasteiger partial charge >= 0.3 is 0 Å². The molecule has 1 fully saturated rings. The maximum absolute atomic E-state index is 11.9. The first-order valence-electron chi connectivity index (χ1n) is 8.12. The van der Waals surface area contributed by atoms with E-state index in [2.05, 4.69) is 19.2 Å². The van der Waals surface area contributed by atoms with E-state index in [1.807, 2.05) is 0 Å². The third-order valence-electron chi connectivity index (χ3n) is 4.44. The molecule has 19 heavy (non-hydrogen) atoms. The highest BCUT2D eigenvalue weighted by molar-refractivity contribution is 5.75. The van der Waals surface area contributed by atoms with Crippen molar-refractivity contribution in [1.82, 2.24) is 5.32 Å². The van der Waals surface area contributed by atoms with Crippen molar-refractivity contribution in [2.75, 3.05) is 13.1 Å². The van der Waals surface area contributed by atoms with Crippen molar-refractivity contribution in [1.29, 1.82) is 0 Å². The summed E-state index contributed by atoms with van der Waals surface area (Å²) in [4.78, 5) is 11.9. The van der Waals surface area contributed by atoms with Gasteiger partial charge in [0.1, 0.15) is 0 Å². The fraction of sp³-hybridized carbons (Fsp3) is 0.938. The van der Waals surface area contributed by atoms with E-state index in [0.29, 0.717) is 12.3 Å². The predicted octanol–water partition coefficient (Wildman–Crippen LogP) is 3.08. The van der Waals surface area contributed by atoms with E-state index in [1.54, 1.807) is 0 Å². The van der Waals surface area contributed by atoms with Crippen molar-refractivity contribution in [3.63, 3.8) is 0 Å². The molecule has 0 aromatic heterocycles. The molecule has 1 rings (SSSR count). The Morgan fingerprint density at radius 1 is 1.32 bits per heavy atom. The lowest BCUT2D eigenvalue weighted by Crippen LogP contribution is -2.28. The van der Waals surface area contributed by atoms with Gasteiger partial charge in [-0.15, -0.1) is 0 Å². The number of hydrogen-bond acceptors (Lipinski definition) is 2. The van der Waals surface area contributed by atoms with Crippen LogP contribution in [0.3, 0.4) is 0 Å². The first-order valence-corrected chi connectivity index (χ1v) is 8.12. The van der Waals surface area contributed by atoms with E-state index in [-0.39, 0.29) is 5.91 Å². The third-order valence-corrected chi connectivity index (χ3v) is 4.44. The molecule has 1 aliphatic carbocycles. The number of hydrogen-bond donors (Lipinski definition) is 2. The van der Waals surface area contributed by atoms with Crippen LogP contribution < -0.4 is 11.1 Å². The van der Waals surface area contributed by atoms with Crippen molar-refractivity contribution in [3.05, 3.63) is 0 Å². The van der Waals surface area contributed by atoms with Crippen LogP contribution in [0.2, 0.25) is 0 Å². The van der Waals surface area contributed by atoms with Crippen LogP contribution in [0, 0.1) is 17.8 Å². The van der Waals surface area contributed by atoms with E-state index >= 15 is 0 Å². The predicted molar refractivity (Wildman–Crippen MR) is 80.8 cm³/mol. The fourth-order valence-electron chi connectivity index (χ4n) is 3.27. The van der Waals surface area contributed by atoms with Crippen LogP contribution in [0.4, 0.5) is 0 Å². The summed E-state index contributed by atoms with van der Waals surface area (Å²) in [7, 11) is 0. The molecule has 0 aromatic carbocycles. The molecular formula is C16H32N2O. The highest BCUT2D eigenvalue weighted by Crippen LogP contribution is 2.29. The molecule has 3 N–H and O–H groups in total. The number of nitrogens with two attached hydrogens (primary N) is 1. The second-order valence-corrected chi connectivity index (χ2v) is 6.36. The maximum atomic E-state index is 11.9. The summed E-state index contributed by atoms with van der Waals surface area (Å²) in [5.74, 6) is 2.43. The highest BCUT2D eigenvalue weighted by Gasteiger charge is 2.21. The molecule has 0 radical (unpaired) electrons. The molecule has 3 unspecified atom stereocenters. The standard InChI is InChI=1S/C16H32N2O/c1-3-4-14(9-10-17)7-8-16(19)18-12-15-6-5-13(2)11-15/h13-15H,3-12,17H2,1-2H3,(H,18,19). The van der Waals surface area contributed by atoms with Gasteiger partial charge in [-0.25, -0.2) is 0 Å². The number of carbonyl (C=O) groups is 1. The van der Waals surface area contributed by atoms with Gasteiger partial charge in [0.2, 0.25) is 5.91 Å². The zero-order valence-electron chi connectivity index (χ0n) is 12.8. The molecule has 1 amide bonds. The zero-order valence-corrected chi connectivity index (χ0v) is 12.8. The van der Waals surface area contributed by atoms with Crippen molar-refractivity contribution in [2.24, 2.45) is 23.5 Å². The van der Waals surface area contributed by atoms with E-state index in [0.717, 1.165) is 37.8 Å². The van der Waals surface area contributed by atoms with Gasteiger partial charge < -0.3 is 11.1 Å². The molecule has 3 heteroatoms. The van der Waals surface area contributed by atoms with Crippen LogP contribution in [-0.2, 0) is 4.79 Å². The van der Waals surface area contributed by atoms with Gasteiger partial charge in [0.15, 0.2) is 0 Å². The monoisotopic (exact) mass is 268 g/mol. The summed E-state index contributed by atoms with van der Waals surface area (Å²) < 4.78 is 0. The van der Waals surface area contributed by atoms with E-state index in [9.17, 15) is 4.79 Å². The lowest BCUT2D eigenvalue weighted by molar-refractivity contribution is -0.121. The van der Waals surface area contributed by atoms with Crippen molar-refractivity contribution in [3.8, 4) is 0 Å². The quantitative estimate of drug-likeness (QED) is 0.675. The topological polar surface area (TPSA) is 55.1 Å². The molecule has 0 heterocycles. The summed E-state index contributed by atoms with van der Waals surface area (Å²) in [6.45, 7) is 6.14. The highest BCUT2D eigenvalue weighted by atomic mass is 16.1. The Kier molecular flexibility index (Phi) is 8.11. The molecule has 0 aromatic rings. The molecule has 3 nitrogen and oxygen atoms in total. The summed E-state index contributed by atoms with van der Waals surface area (Å²) >= 11 is 0. The second kappa shape index (κ2) is 9.35. The minimum atomic E-state index is 0.234. The van der Waals surface area contributed by atoms with E-state index in [4.69, 9.17) is 5.73 Å². The van der Waals surface area contributed by atoms with Crippen LogP contribution in [0.15, 0.2) is 0 Å². The molecule has 112 valence electrons. The van der Waals surface area contributed by atoms with Crippen molar-refractivity contribution in [2.45, 2.75) is 65.2 Å². The van der Waals surface area contributed by atoms with Gasteiger partial charge in [-0.1, -0.05) is 33.1 Å². The van der Waals surface area contributed by atoms with Crippen LogP contribution in [0.1, 0.15) is 65.2 Å². The van der Waals surface area contributed by atoms with Crippen LogP contribution >= 0.6 is 0 Å². The Morgan fingerprint density at radius 3 is 2.68 bits per heavy atom. The Balaban J connectivity index is 2.12. The van der Waals surface area contributed by atoms with Gasteiger partial charge in [0.05, 0.1) is 0 Å². The molecular weight excluding hydrogens is 236 g/mol. The Bertz CT molecular complexity index is 249. The SMILES string of the molecule is CCCC(CCN)CCC(=O)NCC1CCC(C)C1. The normalized spacial score (nSPS) is 24.4. The fourth-order valence-corrected chi connectivity index (χ4v) is 3.27. The largest absolute Gasteiger partial charge is 0.356 e. The van der Waals surface area contributed by atoms with E-state index in [1.165, 1.54) is 32.1 Å². The van der Waals surface area contributed by atoms with E-state index < -0.39 is 0 Å². The first kappa shape index (κ1) is 16.5. The Morgan fingerprint density at radius 2 is 2.11 bits per heavy atom. The molecule has 0 aliphatic heterocycles. The third kappa shape index (κ3) is 6.95. The number of rotatable bonds is 9. The lowest BCUT2D eigenvalue weighted by atomic mass is 9.94. The summed E-state index contributed by atoms with van der Waals surface area (Å²) in [6.07, 6.45) is 9.01. The van der Waals surface area contributed by atoms with Crippen molar-refractivity contribution >= 4 is 5.91 Å². The summed E-state index contributed by atoms with van der Waals surface area (Å²) in [6, 6.07) is 0. The summed E-state index contributed by atoms with van der Waals surface area (Å²) in [5.41, 5.74) is 5.62. The molecule has 1 saturated carbocycles. The maximum Gasteiger partial charge on any atom is 0.220 e. The smallest absolute Gasteiger partial charge is 0.220 e. The average molecular weight is 268 g/mol. The van der Waals surface area contributed by atoms with Gasteiger partial charge in [-0.3, -0.25) is 4.79 Å². The molecule has 0 saturated heterocycles. The zero-order chi connectivity index (χ0) is 14.1. The minimum absolute atomic E-state index is 0.234. The Hall–Kier alpha value is -0.570. The summed E-state index contributed by atoms with van der Waals surface area (Å²) in [5, 5.41) is 3.11. The van der Waals surface area contributed by atoms with Gasteiger partial charge in [-0.05, 0) is 50.0 Å². The van der Waals surface area contributed by atoms with Crippen molar-refractivity contribution < 1.29 is 4.79 Å². The molecule has 0 bridgehead atoms. The minimum Gasteiger partial charge on any atom is -0.356 e. The number of carbonyl (C=O) groups excluding carboxylic acids is 1. The molecule has 0 spiro atoms. The van der Waals surface area contributed by atoms with Gasteiger partial charge in [0.25, 0.3) is 0 Å². The molecule has 1 aliphatic rings. The van der Waals surface area contributed by atoms with Gasteiger partial charge in [0, 0.05) is 13.0 Å². The van der Waals surface area contributed by atoms with Gasteiger partial charge in [-0.2, -0.15) is 0 Å². The van der Waals surface area contributed by atoms with Crippen LogP contribution in [-0.4, -0.2) is 19.0 Å². The lowest BCUT2D eigenvalue weighted by Gasteiger charge is -2.15. The second-order valence-electron chi connectivity index (χ2n) is 6.36. The number of amides is 1. The average Bonchev–Trinajstić information content (AvgIpc) is 2.80. The first-order chi connectivity index (χ1) is 9.15.